The van der Waals surface area contributed by atoms with Crippen molar-refractivity contribution in [2.75, 3.05) is 25.0 Å². The van der Waals surface area contributed by atoms with E-state index in [0.717, 1.165) is 26.1 Å². The average molecular weight is 259 g/mol. The Labute approximate surface area is 105 Å². The van der Waals surface area contributed by atoms with E-state index in [4.69, 9.17) is 0 Å². The lowest BCUT2D eigenvalue weighted by Crippen LogP contribution is -2.18. The normalized spacial score (nSPS) is 18.5. The Morgan fingerprint density at radius 2 is 2.47 bits per heavy atom. The average Bonchev–Trinajstić information content (AvgIpc) is 2.79. The number of hydrogen-bond acceptors (Lipinski definition) is 5. The van der Waals surface area contributed by atoms with Crippen LogP contribution in [0.1, 0.15) is 6.42 Å². The second-order valence-electron chi connectivity index (χ2n) is 3.87. The van der Waals surface area contributed by atoms with Crippen molar-refractivity contribution in [1.82, 2.24) is 10.3 Å². The predicted octanol–water partition coefficient (Wildman–Crippen LogP) is 1.43. The van der Waals surface area contributed by atoms with Gasteiger partial charge < -0.3 is 10.6 Å². The molecule has 1 aromatic rings. The molecule has 0 aromatic carbocycles. The maximum atomic E-state index is 10.7. The van der Waals surface area contributed by atoms with E-state index in [1.54, 1.807) is 12.3 Å². The largest absolute Gasteiger partial charge is 0.364 e. The second kappa shape index (κ2) is 6.36. The van der Waals surface area contributed by atoms with Crippen molar-refractivity contribution < 1.29 is 4.92 Å². The van der Waals surface area contributed by atoms with Gasteiger partial charge in [-0.15, -0.1) is 12.4 Å². The molecule has 7 heteroatoms. The molecular formula is C10H15ClN4O2. The lowest BCUT2D eigenvalue weighted by atomic mass is 10.1. The third-order valence-electron chi connectivity index (χ3n) is 2.70. The first-order valence-electron chi connectivity index (χ1n) is 5.31. The third-order valence-corrected chi connectivity index (χ3v) is 2.70. The van der Waals surface area contributed by atoms with Gasteiger partial charge in [0, 0.05) is 18.8 Å². The summed E-state index contributed by atoms with van der Waals surface area (Å²) in [6.07, 6.45) is 2.66. The zero-order chi connectivity index (χ0) is 11.4. The van der Waals surface area contributed by atoms with E-state index in [1.807, 2.05) is 0 Å². The van der Waals surface area contributed by atoms with E-state index < -0.39 is 4.92 Å². The molecule has 0 aliphatic carbocycles. The smallest absolute Gasteiger partial charge is 0.311 e. The lowest BCUT2D eigenvalue weighted by Gasteiger charge is -2.10. The minimum Gasteiger partial charge on any atom is -0.364 e. The summed E-state index contributed by atoms with van der Waals surface area (Å²) in [6, 6.07) is 3.03. The van der Waals surface area contributed by atoms with Gasteiger partial charge in [0.05, 0.1) is 4.92 Å². The van der Waals surface area contributed by atoms with Gasteiger partial charge in [-0.2, -0.15) is 0 Å². The molecule has 0 spiro atoms. The van der Waals surface area contributed by atoms with Crippen molar-refractivity contribution in [3.8, 4) is 0 Å². The van der Waals surface area contributed by atoms with E-state index in [1.165, 1.54) is 6.07 Å². The van der Waals surface area contributed by atoms with Crippen molar-refractivity contribution in [1.29, 1.82) is 0 Å². The molecule has 2 heterocycles. The van der Waals surface area contributed by atoms with Gasteiger partial charge in [0.25, 0.3) is 0 Å². The number of aromatic nitrogens is 1. The topological polar surface area (TPSA) is 80.1 Å². The Hall–Kier alpha value is -1.40. The highest BCUT2D eigenvalue weighted by molar-refractivity contribution is 5.85. The summed E-state index contributed by atoms with van der Waals surface area (Å²) < 4.78 is 0. The molecule has 1 fully saturated rings. The summed E-state index contributed by atoms with van der Waals surface area (Å²) in [6.45, 7) is 2.72. The Bertz CT molecular complexity index is 382. The van der Waals surface area contributed by atoms with Gasteiger partial charge in [-0.05, 0) is 31.5 Å². The molecule has 1 aromatic heterocycles. The summed E-state index contributed by atoms with van der Waals surface area (Å²) in [7, 11) is 0. The van der Waals surface area contributed by atoms with Crippen LogP contribution in [0.15, 0.2) is 18.3 Å². The molecule has 1 saturated heterocycles. The molecule has 17 heavy (non-hydrogen) atoms. The molecule has 1 atom stereocenters. The van der Waals surface area contributed by atoms with Gasteiger partial charge in [0.15, 0.2) is 0 Å². The highest BCUT2D eigenvalue weighted by Crippen LogP contribution is 2.21. The number of anilines is 1. The highest BCUT2D eigenvalue weighted by Gasteiger charge is 2.17. The molecule has 1 aliphatic rings. The van der Waals surface area contributed by atoms with Gasteiger partial charge in [-0.25, -0.2) is 4.98 Å². The quantitative estimate of drug-likeness (QED) is 0.631. The summed E-state index contributed by atoms with van der Waals surface area (Å²) in [5, 5.41) is 17.0. The van der Waals surface area contributed by atoms with E-state index in [0.29, 0.717) is 11.7 Å². The number of halogens is 1. The van der Waals surface area contributed by atoms with Crippen molar-refractivity contribution in [3.63, 3.8) is 0 Å². The summed E-state index contributed by atoms with van der Waals surface area (Å²) in [4.78, 5) is 14.3. The van der Waals surface area contributed by atoms with Crippen molar-refractivity contribution in [3.05, 3.63) is 28.4 Å². The molecule has 2 N–H and O–H groups in total. The summed E-state index contributed by atoms with van der Waals surface area (Å²) in [5.74, 6) is 0.890. The summed E-state index contributed by atoms with van der Waals surface area (Å²) in [5.41, 5.74) is 0.0356. The van der Waals surface area contributed by atoms with Crippen LogP contribution >= 0.6 is 12.4 Å². The predicted molar refractivity (Wildman–Crippen MR) is 67.6 cm³/mol. The molecule has 0 radical (unpaired) electrons. The first-order chi connectivity index (χ1) is 7.77. The van der Waals surface area contributed by atoms with Crippen molar-refractivity contribution >= 4 is 23.9 Å². The van der Waals surface area contributed by atoms with E-state index in [-0.39, 0.29) is 18.1 Å². The second-order valence-corrected chi connectivity index (χ2v) is 3.87. The van der Waals surface area contributed by atoms with E-state index in [2.05, 4.69) is 15.6 Å². The fraction of sp³-hybridized carbons (Fsp3) is 0.500. The van der Waals surface area contributed by atoms with Crippen molar-refractivity contribution in [2.24, 2.45) is 5.92 Å². The SMILES string of the molecule is Cl.O=[N+]([O-])c1cccnc1NC[C@@H]1CCNC1. The number of pyridine rings is 1. The maximum Gasteiger partial charge on any atom is 0.311 e. The molecular weight excluding hydrogens is 244 g/mol. The zero-order valence-corrected chi connectivity index (χ0v) is 10.1. The number of nitrogens with zero attached hydrogens (tertiary/aromatic N) is 2. The van der Waals surface area contributed by atoms with Crippen LogP contribution in [-0.4, -0.2) is 29.5 Å². The van der Waals surface area contributed by atoms with Crippen LogP contribution in [0, 0.1) is 16.0 Å². The Balaban J connectivity index is 0.00000144. The van der Waals surface area contributed by atoms with Crippen LogP contribution in [-0.2, 0) is 0 Å². The van der Waals surface area contributed by atoms with Gasteiger partial charge in [0.1, 0.15) is 0 Å². The Morgan fingerprint density at radius 1 is 1.65 bits per heavy atom. The van der Waals surface area contributed by atoms with Gasteiger partial charge >= 0.3 is 5.69 Å². The monoisotopic (exact) mass is 258 g/mol. The number of hydrogen-bond donors (Lipinski definition) is 2. The standard InChI is InChI=1S/C10H14N4O2.ClH/c15-14(16)9-2-1-4-12-10(9)13-7-8-3-5-11-6-8;/h1-2,4,8,11H,3,5-7H2,(H,12,13);1H/t8-;/m1./s1. The first-order valence-corrected chi connectivity index (χ1v) is 5.31. The third kappa shape index (κ3) is 3.54. The number of nitrogens with one attached hydrogen (secondary N) is 2. The highest BCUT2D eigenvalue weighted by atomic mass is 35.5. The Kier molecular flexibility index (Phi) is 5.11. The van der Waals surface area contributed by atoms with Gasteiger partial charge in [0.2, 0.25) is 5.82 Å². The van der Waals surface area contributed by atoms with Gasteiger partial charge in [-0.3, -0.25) is 10.1 Å². The molecule has 94 valence electrons. The van der Waals surface area contributed by atoms with Crippen LogP contribution in [0.25, 0.3) is 0 Å². The van der Waals surface area contributed by atoms with E-state index in [9.17, 15) is 10.1 Å². The molecule has 0 saturated carbocycles. The minimum atomic E-state index is -0.414. The molecule has 6 nitrogen and oxygen atoms in total. The van der Waals surface area contributed by atoms with E-state index >= 15 is 0 Å². The maximum absolute atomic E-state index is 10.7. The van der Waals surface area contributed by atoms with Crippen molar-refractivity contribution in [2.45, 2.75) is 6.42 Å². The van der Waals surface area contributed by atoms with Crippen LogP contribution in [0.2, 0.25) is 0 Å². The Morgan fingerprint density at radius 3 is 3.12 bits per heavy atom. The van der Waals surface area contributed by atoms with Gasteiger partial charge in [-0.1, -0.05) is 0 Å². The van der Waals surface area contributed by atoms with Crippen LogP contribution in [0.4, 0.5) is 11.5 Å². The van der Waals surface area contributed by atoms with Crippen LogP contribution in [0.5, 0.6) is 0 Å². The minimum absolute atomic E-state index is 0. The zero-order valence-electron chi connectivity index (χ0n) is 9.26. The molecule has 0 bridgehead atoms. The fourth-order valence-corrected chi connectivity index (χ4v) is 1.81. The first kappa shape index (κ1) is 13.7. The van der Waals surface area contributed by atoms with Crippen LogP contribution < -0.4 is 10.6 Å². The lowest BCUT2D eigenvalue weighted by molar-refractivity contribution is -0.384. The van der Waals surface area contributed by atoms with Crippen LogP contribution in [0.3, 0.4) is 0 Å². The number of nitro groups is 1. The summed E-state index contributed by atoms with van der Waals surface area (Å²) >= 11 is 0. The molecule has 0 amide bonds. The molecule has 0 unspecified atom stereocenters. The fourth-order valence-electron chi connectivity index (χ4n) is 1.81. The molecule has 2 rings (SSSR count). The number of rotatable bonds is 4. The molecule has 1 aliphatic heterocycles.